The van der Waals surface area contributed by atoms with Crippen LogP contribution < -0.4 is 5.73 Å². The summed E-state index contributed by atoms with van der Waals surface area (Å²) in [7, 11) is 0. The zero-order valence-corrected chi connectivity index (χ0v) is 11.1. The van der Waals surface area contributed by atoms with Gasteiger partial charge in [0.25, 0.3) is 11.6 Å². The van der Waals surface area contributed by atoms with Gasteiger partial charge in [0.1, 0.15) is 17.6 Å². The van der Waals surface area contributed by atoms with E-state index in [-0.39, 0.29) is 23.2 Å². The van der Waals surface area contributed by atoms with Crippen LogP contribution in [0.25, 0.3) is 0 Å². The predicted octanol–water partition coefficient (Wildman–Crippen LogP) is 0.823. The second-order valence-electron chi connectivity index (χ2n) is 4.54. The number of rotatable bonds is 3. The lowest BCUT2D eigenvalue weighted by atomic mass is 10.1. The third-order valence-corrected chi connectivity index (χ3v) is 3.21. The van der Waals surface area contributed by atoms with Crippen molar-refractivity contribution >= 4 is 17.4 Å². The molecule has 1 aromatic rings. The molecule has 8 heteroatoms. The maximum absolute atomic E-state index is 12.4. The van der Waals surface area contributed by atoms with E-state index in [0.29, 0.717) is 19.7 Å². The van der Waals surface area contributed by atoms with Crippen molar-refractivity contribution in [1.29, 1.82) is 0 Å². The summed E-state index contributed by atoms with van der Waals surface area (Å²) in [4.78, 5) is 28.0. The average Bonchev–Trinajstić information content (AvgIpc) is 2.46. The van der Waals surface area contributed by atoms with E-state index in [1.165, 1.54) is 6.07 Å². The molecule has 0 aromatic carbocycles. The topological polar surface area (TPSA) is 112 Å². The van der Waals surface area contributed by atoms with Crippen LogP contribution in [0, 0.1) is 10.1 Å². The SMILES string of the molecule is CCC1CN(C(=O)c2cc(N)ncc2[N+](=O)[O-])CCO1. The Morgan fingerprint density at radius 3 is 3.10 bits per heavy atom. The highest BCUT2D eigenvalue weighted by atomic mass is 16.6. The number of ether oxygens (including phenoxy) is 1. The first kappa shape index (κ1) is 14.2. The molecule has 1 amide bonds. The van der Waals surface area contributed by atoms with E-state index in [1.807, 2.05) is 6.92 Å². The third-order valence-electron chi connectivity index (χ3n) is 3.21. The molecule has 8 nitrogen and oxygen atoms in total. The molecular weight excluding hydrogens is 264 g/mol. The number of pyridine rings is 1. The summed E-state index contributed by atoms with van der Waals surface area (Å²) in [5.74, 6) is -0.327. The van der Waals surface area contributed by atoms with E-state index >= 15 is 0 Å². The zero-order valence-electron chi connectivity index (χ0n) is 11.1. The Hall–Kier alpha value is -2.22. The van der Waals surface area contributed by atoms with Gasteiger partial charge in [-0.15, -0.1) is 0 Å². The van der Waals surface area contributed by atoms with Crippen LogP contribution in [-0.4, -0.2) is 46.5 Å². The molecule has 1 fully saturated rings. The number of nitrogens with two attached hydrogens (primary N) is 1. The lowest BCUT2D eigenvalue weighted by Crippen LogP contribution is -2.45. The first-order valence-electron chi connectivity index (χ1n) is 6.33. The van der Waals surface area contributed by atoms with E-state index in [9.17, 15) is 14.9 Å². The number of carbonyl (C=O) groups is 1. The van der Waals surface area contributed by atoms with Crippen molar-refractivity contribution in [3.05, 3.63) is 27.9 Å². The Balaban J connectivity index is 2.28. The van der Waals surface area contributed by atoms with Gasteiger partial charge in [-0.1, -0.05) is 6.92 Å². The second-order valence-corrected chi connectivity index (χ2v) is 4.54. The molecule has 1 atom stereocenters. The minimum absolute atomic E-state index is 0.0285. The highest BCUT2D eigenvalue weighted by molar-refractivity contribution is 5.98. The van der Waals surface area contributed by atoms with Crippen LogP contribution >= 0.6 is 0 Å². The summed E-state index contributed by atoms with van der Waals surface area (Å²) in [5.41, 5.74) is 5.16. The summed E-state index contributed by atoms with van der Waals surface area (Å²) in [5, 5.41) is 11.0. The Bertz CT molecular complexity index is 534. The first-order valence-corrected chi connectivity index (χ1v) is 6.33. The van der Waals surface area contributed by atoms with Crippen LogP contribution in [0.5, 0.6) is 0 Å². The predicted molar refractivity (Wildman–Crippen MR) is 71.2 cm³/mol. The first-order chi connectivity index (χ1) is 9.52. The van der Waals surface area contributed by atoms with Crippen molar-refractivity contribution < 1.29 is 14.5 Å². The fourth-order valence-corrected chi connectivity index (χ4v) is 2.10. The molecule has 20 heavy (non-hydrogen) atoms. The Morgan fingerprint density at radius 1 is 1.70 bits per heavy atom. The van der Waals surface area contributed by atoms with Crippen molar-refractivity contribution in [2.45, 2.75) is 19.4 Å². The number of amides is 1. The molecule has 1 aromatic heterocycles. The minimum Gasteiger partial charge on any atom is -0.384 e. The zero-order chi connectivity index (χ0) is 14.7. The van der Waals surface area contributed by atoms with Crippen LogP contribution in [0.3, 0.4) is 0 Å². The molecule has 2 heterocycles. The number of nitro groups is 1. The largest absolute Gasteiger partial charge is 0.384 e. The molecule has 0 aliphatic carbocycles. The number of carbonyl (C=O) groups excluding carboxylic acids is 1. The minimum atomic E-state index is -0.628. The van der Waals surface area contributed by atoms with Gasteiger partial charge < -0.3 is 15.4 Å². The molecule has 1 unspecified atom stereocenters. The molecule has 0 radical (unpaired) electrons. The van der Waals surface area contributed by atoms with Gasteiger partial charge in [-0.2, -0.15) is 0 Å². The lowest BCUT2D eigenvalue weighted by molar-refractivity contribution is -0.385. The number of morpholine rings is 1. The third kappa shape index (κ3) is 2.85. The quantitative estimate of drug-likeness (QED) is 0.648. The summed E-state index contributed by atoms with van der Waals surface area (Å²) in [6.45, 7) is 3.23. The maximum atomic E-state index is 12.4. The highest BCUT2D eigenvalue weighted by Crippen LogP contribution is 2.22. The van der Waals surface area contributed by atoms with Crippen molar-refractivity contribution in [3.63, 3.8) is 0 Å². The summed E-state index contributed by atoms with van der Waals surface area (Å²) in [6, 6.07) is 1.25. The van der Waals surface area contributed by atoms with E-state index in [1.54, 1.807) is 4.90 Å². The number of hydrogen-bond donors (Lipinski definition) is 1. The van der Waals surface area contributed by atoms with Crippen molar-refractivity contribution in [2.75, 3.05) is 25.4 Å². The van der Waals surface area contributed by atoms with E-state index in [4.69, 9.17) is 10.5 Å². The smallest absolute Gasteiger partial charge is 0.300 e. The van der Waals surface area contributed by atoms with Crippen LogP contribution in [0.2, 0.25) is 0 Å². The number of hydrogen-bond acceptors (Lipinski definition) is 6. The van der Waals surface area contributed by atoms with Crippen LogP contribution in [0.4, 0.5) is 11.5 Å². The molecule has 0 spiro atoms. The number of nitrogen functional groups attached to an aromatic ring is 1. The van der Waals surface area contributed by atoms with Crippen molar-refractivity contribution in [3.8, 4) is 0 Å². The maximum Gasteiger partial charge on any atom is 0.300 e. The standard InChI is InChI=1S/C12H16N4O4/c1-2-8-7-15(3-4-20-8)12(17)9-5-11(13)14-6-10(9)16(18)19/h5-6,8H,2-4,7H2,1H3,(H2,13,14). The number of nitrogens with zero attached hydrogens (tertiary/aromatic N) is 3. The van der Waals surface area contributed by atoms with Crippen molar-refractivity contribution in [1.82, 2.24) is 9.88 Å². The Labute approximate surface area is 115 Å². The van der Waals surface area contributed by atoms with Gasteiger partial charge in [0.05, 0.1) is 17.6 Å². The fourth-order valence-electron chi connectivity index (χ4n) is 2.10. The van der Waals surface area contributed by atoms with Gasteiger partial charge in [0.15, 0.2) is 0 Å². The van der Waals surface area contributed by atoms with Gasteiger partial charge in [-0.3, -0.25) is 14.9 Å². The Morgan fingerprint density at radius 2 is 2.45 bits per heavy atom. The van der Waals surface area contributed by atoms with Crippen LogP contribution in [0.1, 0.15) is 23.7 Å². The van der Waals surface area contributed by atoms with Gasteiger partial charge in [0, 0.05) is 13.1 Å². The fraction of sp³-hybridized carbons (Fsp3) is 0.500. The van der Waals surface area contributed by atoms with E-state index in [0.717, 1.165) is 12.6 Å². The molecule has 0 saturated carbocycles. The molecule has 108 valence electrons. The van der Waals surface area contributed by atoms with E-state index in [2.05, 4.69) is 4.98 Å². The monoisotopic (exact) mass is 280 g/mol. The van der Waals surface area contributed by atoms with Gasteiger partial charge in [-0.25, -0.2) is 4.98 Å². The normalized spacial score (nSPS) is 18.9. The molecule has 2 rings (SSSR count). The van der Waals surface area contributed by atoms with Gasteiger partial charge >= 0.3 is 0 Å². The molecule has 0 bridgehead atoms. The van der Waals surface area contributed by atoms with Gasteiger partial charge in [0.2, 0.25) is 0 Å². The number of anilines is 1. The molecule has 1 aliphatic heterocycles. The molecule has 1 aliphatic rings. The molecular formula is C12H16N4O4. The summed E-state index contributed by atoms with van der Waals surface area (Å²) < 4.78 is 5.48. The molecule has 2 N–H and O–H groups in total. The van der Waals surface area contributed by atoms with Crippen LogP contribution in [-0.2, 0) is 4.74 Å². The van der Waals surface area contributed by atoms with Gasteiger partial charge in [-0.05, 0) is 12.5 Å². The van der Waals surface area contributed by atoms with E-state index < -0.39 is 10.8 Å². The van der Waals surface area contributed by atoms with Crippen molar-refractivity contribution in [2.24, 2.45) is 0 Å². The highest BCUT2D eigenvalue weighted by Gasteiger charge is 2.29. The average molecular weight is 280 g/mol. The lowest BCUT2D eigenvalue weighted by Gasteiger charge is -2.32. The molecule has 1 saturated heterocycles. The summed E-state index contributed by atoms with van der Waals surface area (Å²) in [6.07, 6.45) is 1.76. The summed E-state index contributed by atoms with van der Waals surface area (Å²) >= 11 is 0. The second kappa shape index (κ2) is 5.83. The van der Waals surface area contributed by atoms with Crippen LogP contribution in [0.15, 0.2) is 12.3 Å². The number of aromatic nitrogens is 1. The Kier molecular flexibility index (Phi) is 4.14.